The molecule has 2 rings (SSSR count). The minimum atomic E-state index is -0.115. The van der Waals surface area contributed by atoms with Crippen LogP contribution in [0.2, 0.25) is 0 Å². The predicted molar refractivity (Wildman–Crippen MR) is 89.8 cm³/mol. The number of aliphatic hydroxyl groups is 1. The number of urea groups is 1. The quantitative estimate of drug-likeness (QED) is 0.825. The molecule has 0 bridgehead atoms. The molecule has 2 aromatic rings. The number of aliphatic hydroxyl groups excluding tert-OH is 1. The third-order valence-electron chi connectivity index (χ3n) is 3.70. The van der Waals surface area contributed by atoms with Crippen molar-refractivity contribution in [1.82, 2.24) is 10.2 Å². The molecule has 22 heavy (non-hydrogen) atoms. The summed E-state index contributed by atoms with van der Waals surface area (Å²) < 4.78 is 0. The van der Waals surface area contributed by atoms with Crippen LogP contribution in [-0.4, -0.2) is 35.7 Å². The van der Waals surface area contributed by atoms with Crippen LogP contribution < -0.4 is 5.32 Å². The number of carbonyl (C=O) groups excluding carboxylic acids is 1. The molecule has 0 radical (unpaired) electrons. The van der Waals surface area contributed by atoms with Gasteiger partial charge in [0.05, 0.1) is 6.61 Å². The third-order valence-corrected chi connectivity index (χ3v) is 3.70. The maximum absolute atomic E-state index is 12.2. The zero-order valence-corrected chi connectivity index (χ0v) is 13.1. The molecule has 0 aliphatic rings. The molecule has 118 valence electrons. The SMILES string of the molecule is CCCCN(CCO)C(=O)NCc1ccc2ccccc2c1. The van der Waals surface area contributed by atoms with Crippen molar-refractivity contribution < 1.29 is 9.90 Å². The summed E-state index contributed by atoms with van der Waals surface area (Å²) in [6.07, 6.45) is 1.98. The van der Waals surface area contributed by atoms with Crippen LogP contribution in [0.5, 0.6) is 0 Å². The van der Waals surface area contributed by atoms with Crippen LogP contribution in [0, 0.1) is 0 Å². The molecular formula is C18H24N2O2. The van der Waals surface area contributed by atoms with E-state index in [1.54, 1.807) is 4.90 Å². The molecule has 0 unspecified atom stereocenters. The fourth-order valence-corrected chi connectivity index (χ4v) is 2.42. The number of rotatable bonds is 7. The Bertz CT molecular complexity index is 613. The third kappa shape index (κ3) is 4.46. The summed E-state index contributed by atoms with van der Waals surface area (Å²) in [7, 11) is 0. The van der Waals surface area contributed by atoms with Crippen molar-refractivity contribution in [3.8, 4) is 0 Å². The Hall–Kier alpha value is -2.07. The van der Waals surface area contributed by atoms with Crippen molar-refractivity contribution in [1.29, 1.82) is 0 Å². The van der Waals surface area contributed by atoms with Gasteiger partial charge in [-0.15, -0.1) is 0 Å². The molecule has 2 N–H and O–H groups in total. The minimum Gasteiger partial charge on any atom is -0.395 e. The average molecular weight is 300 g/mol. The summed E-state index contributed by atoms with van der Waals surface area (Å²) in [6.45, 7) is 3.64. The first kappa shape index (κ1) is 16.3. The number of amides is 2. The second-order valence-corrected chi connectivity index (χ2v) is 5.40. The summed E-state index contributed by atoms with van der Waals surface area (Å²) in [5, 5.41) is 14.4. The highest BCUT2D eigenvalue weighted by molar-refractivity contribution is 5.83. The van der Waals surface area contributed by atoms with Gasteiger partial charge in [0.2, 0.25) is 0 Å². The molecule has 4 nitrogen and oxygen atoms in total. The van der Waals surface area contributed by atoms with Gasteiger partial charge in [-0.05, 0) is 28.8 Å². The Morgan fingerprint density at radius 2 is 1.91 bits per heavy atom. The van der Waals surface area contributed by atoms with Crippen molar-refractivity contribution in [3.63, 3.8) is 0 Å². The lowest BCUT2D eigenvalue weighted by molar-refractivity contribution is 0.176. The van der Waals surface area contributed by atoms with E-state index in [0.717, 1.165) is 18.4 Å². The summed E-state index contributed by atoms with van der Waals surface area (Å²) >= 11 is 0. The molecule has 0 aromatic heterocycles. The van der Waals surface area contributed by atoms with E-state index >= 15 is 0 Å². The highest BCUT2D eigenvalue weighted by Crippen LogP contribution is 2.15. The van der Waals surface area contributed by atoms with Crippen LogP contribution in [0.15, 0.2) is 42.5 Å². The van der Waals surface area contributed by atoms with Gasteiger partial charge in [-0.2, -0.15) is 0 Å². The van der Waals surface area contributed by atoms with E-state index in [4.69, 9.17) is 5.11 Å². The molecular weight excluding hydrogens is 276 g/mol. The minimum absolute atomic E-state index is 0.00684. The fourth-order valence-electron chi connectivity index (χ4n) is 2.42. The summed E-state index contributed by atoms with van der Waals surface area (Å²) in [5.74, 6) is 0. The molecule has 0 aliphatic heterocycles. The molecule has 0 fully saturated rings. The van der Waals surface area contributed by atoms with E-state index in [-0.39, 0.29) is 12.6 Å². The lowest BCUT2D eigenvalue weighted by atomic mass is 10.1. The number of nitrogens with one attached hydrogen (secondary N) is 1. The van der Waals surface area contributed by atoms with Gasteiger partial charge in [0.25, 0.3) is 0 Å². The van der Waals surface area contributed by atoms with Crippen LogP contribution >= 0.6 is 0 Å². The zero-order valence-electron chi connectivity index (χ0n) is 13.1. The second kappa shape index (κ2) is 8.39. The van der Waals surface area contributed by atoms with Gasteiger partial charge < -0.3 is 15.3 Å². The molecule has 0 saturated carbocycles. The van der Waals surface area contributed by atoms with Crippen molar-refractivity contribution in [2.75, 3.05) is 19.7 Å². The van der Waals surface area contributed by atoms with E-state index in [1.807, 2.05) is 18.2 Å². The molecule has 0 saturated heterocycles. The Kier molecular flexibility index (Phi) is 6.22. The number of benzene rings is 2. The molecule has 4 heteroatoms. The van der Waals surface area contributed by atoms with Gasteiger partial charge in [0.15, 0.2) is 0 Å². The smallest absolute Gasteiger partial charge is 0.317 e. The predicted octanol–water partition coefficient (Wildman–Crippen LogP) is 3.14. The molecule has 0 heterocycles. The Labute approximate surface area is 131 Å². The summed E-state index contributed by atoms with van der Waals surface area (Å²) in [6, 6.07) is 14.3. The lowest BCUT2D eigenvalue weighted by Gasteiger charge is -2.22. The van der Waals surface area contributed by atoms with Crippen LogP contribution in [0.3, 0.4) is 0 Å². The van der Waals surface area contributed by atoms with Crippen LogP contribution in [0.4, 0.5) is 4.79 Å². The second-order valence-electron chi connectivity index (χ2n) is 5.40. The molecule has 2 aromatic carbocycles. The Balaban J connectivity index is 1.95. The lowest BCUT2D eigenvalue weighted by Crippen LogP contribution is -2.41. The standard InChI is InChI=1S/C18H24N2O2/c1-2-3-10-20(11-12-21)18(22)19-14-15-8-9-16-6-4-5-7-17(16)13-15/h4-9,13,21H,2-3,10-12,14H2,1H3,(H,19,22). The van der Waals surface area contributed by atoms with Gasteiger partial charge in [-0.1, -0.05) is 49.7 Å². The summed E-state index contributed by atoms with van der Waals surface area (Å²) in [4.78, 5) is 13.9. The molecule has 2 amide bonds. The zero-order chi connectivity index (χ0) is 15.8. The van der Waals surface area contributed by atoms with E-state index in [0.29, 0.717) is 19.6 Å². The first-order valence-corrected chi connectivity index (χ1v) is 7.86. The number of hydrogen-bond donors (Lipinski definition) is 2. The van der Waals surface area contributed by atoms with E-state index < -0.39 is 0 Å². The van der Waals surface area contributed by atoms with Crippen molar-refractivity contribution in [2.45, 2.75) is 26.3 Å². The van der Waals surface area contributed by atoms with Gasteiger partial charge in [0.1, 0.15) is 0 Å². The van der Waals surface area contributed by atoms with Crippen LogP contribution in [0.1, 0.15) is 25.3 Å². The van der Waals surface area contributed by atoms with Crippen LogP contribution in [-0.2, 0) is 6.54 Å². The number of carbonyl (C=O) groups is 1. The first-order valence-electron chi connectivity index (χ1n) is 7.86. The van der Waals surface area contributed by atoms with Gasteiger partial charge in [-0.25, -0.2) is 4.79 Å². The maximum Gasteiger partial charge on any atom is 0.317 e. The monoisotopic (exact) mass is 300 g/mol. The van der Waals surface area contributed by atoms with Gasteiger partial charge in [-0.3, -0.25) is 0 Å². The van der Waals surface area contributed by atoms with Gasteiger partial charge >= 0.3 is 6.03 Å². The number of hydrogen-bond acceptors (Lipinski definition) is 2. The molecule has 0 atom stereocenters. The van der Waals surface area contributed by atoms with Crippen molar-refractivity contribution in [2.24, 2.45) is 0 Å². The fraction of sp³-hybridized carbons (Fsp3) is 0.389. The normalized spacial score (nSPS) is 10.6. The number of unbranched alkanes of at least 4 members (excludes halogenated alkanes) is 1. The molecule has 0 aliphatic carbocycles. The average Bonchev–Trinajstić information content (AvgIpc) is 2.56. The number of nitrogens with zero attached hydrogens (tertiary/aromatic N) is 1. The van der Waals surface area contributed by atoms with E-state index in [1.165, 1.54) is 10.8 Å². The van der Waals surface area contributed by atoms with Crippen molar-refractivity contribution >= 4 is 16.8 Å². The number of fused-ring (bicyclic) bond motifs is 1. The molecule has 0 spiro atoms. The van der Waals surface area contributed by atoms with Crippen LogP contribution in [0.25, 0.3) is 10.8 Å². The largest absolute Gasteiger partial charge is 0.395 e. The Morgan fingerprint density at radius 3 is 2.64 bits per heavy atom. The highest BCUT2D eigenvalue weighted by Gasteiger charge is 2.11. The Morgan fingerprint density at radius 1 is 1.14 bits per heavy atom. The van der Waals surface area contributed by atoms with Gasteiger partial charge in [0, 0.05) is 19.6 Å². The van der Waals surface area contributed by atoms with E-state index in [9.17, 15) is 4.79 Å². The van der Waals surface area contributed by atoms with E-state index in [2.05, 4.69) is 36.5 Å². The topological polar surface area (TPSA) is 52.6 Å². The first-order chi connectivity index (χ1) is 10.7. The maximum atomic E-state index is 12.2. The highest BCUT2D eigenvalue weighted by atomic mass is 16.3. The van der Waals surface area contributed by atoms with Crippen molar-refractivity contribution in [3.05, 3.63) is 48.0 Å². The summed E-state index contributed by atoms with van der Waals surface area (Å²) in [5.41, 5.74) is 1.08.